The summed E-state index contributed by atoms with van der Waals surface area (Å²) >= 11 is 0.717. The molecule has 35 heavy (non-hydrogen) atoms. The van der Waals surface area contributed by atoms with Crippen LogP contribution in [0.5, 0.6) is 0 Å². The molecule has 2 saturated heterocycles. The van der Waals surface area contributed by atoms with Crippen LogP contribution in [0.15, 0.2) is 12.4 Å². The Bertz CT molecular complexity index is 1090. The number of alkyl halides is 3. The maximum absolute atomic E-state index is 13.7. The maximum atomic E-state index is 13.7. The minimum atomic E-state index is -4.50. The van der Waals surface area contributed by atoms with Crippen molar-refractivity contribution >= 4 is 11.3 Å². The van der Waals surface area contributed by atoms with Gasteiger partial charge in [0.25, 0.3) is 0 Å². The number of aliphatic hydroxyl groups excluding tert-OH is 1. The zero-order valence-corrected chi connectivity index (χ0v) is 20.3. The van der Waals surface area contributed by atoms with Crippen molar-refractivity contribution in [3.63, 3.8) is 0 Å². The molecular formula is C25H30F3N3O3S. The predicted molar refractivity (Wildman–Crippen MR) is 125 cm³/mol. The van der Waals surface area contributed by atoms with Gasteiger partial charge in [0, 0.05) is 61.5 Å². The van der Waals surface area contributed by atoms with E-state index in [2.05, 4.69) is 22.1 Å². The lowest BCUT2D eigenvalue weighted by Crippen LogP contribution is -2.50. The molecule has 0 saturated carbocycles. The summed E-state index contributed by atoms with van der Waals surface area (Å²) in [5, 5.41) is 14.3. The highest BCUT2D eigenvalue weighted by atomic mass is 32.1. The Balaban J connectivity index is 1.32. The lowest BCUT2D eigenvalue weighted by atomic mass is 9.81. The van der Waals surface area contributed by atoms with Crippen LogP contribution < -0.4 is 0 Å². The number of aromatic nitrogens is 2. The van der Waals surface area contributed by atoms with E-state index in [0.717, 1.165) is 49.5 Å². The molecule has 5 heterocycles. The number of hydrogen-bond acceptors (Lipinski definition) is 6. The number of piperidine rings is 1. The molecule has 0 amide bonds. The van der Waals surface area contributed by atoms with Crippen LogP contribution >= 0.6 is 11.3 Å². The van der Waals surface area contributed by atoms with Gasteiger partial charge in [0.1, 0.15) is 10.5 Å². The van der Waals surface area contributed by atoms with E-state index in [0.29, 0.717) is 55.3 Å². The van der Waals surface area contributed by atoms with Crippen molar-refractivity contribution in [2.24, 2.45) is 5.92 Å². The van der Waals surface area contributed by atoms with E-state index < -0.39 is 23.3 Å². The number of halogens is 3. The van der Waals surface area contributed by atoms with Crippen molar-refractivity contribution in [3.05, 3.63) is 38.8 Å². The van der Waals surface area contributed by atoms with Gasteiger partial charge in [-0.05, 0) is 37.2 Å². The standard InChI is InChI=1S/C25H30F3N3O3S/c1-2-19-11-24(22-20(5-10-34-24)21(16-32)23(35-22)25(26,27)28)6-7-30(19)13-18-12-29-31(15-18)14-17-3-8-33-9-4-17/h1,12,15,17,19,32H,3-11,13-14,16H2/t19-,24+/m0/s1. The molecule has 10 heteroatoms. The first-order valence-corrected chi connectivity index (χ1v) is 12.9. The van der Waals surface area contributed by atoms with E-state index in [-0.39, 0.29) is 11.6 Å². The van der Waals surface area contributed by atoms with Crippen molar-refractivity contribution in [2.75, 3.05) is 26.4 Å². The second-order valence-corrected chi connectivity index (χ2v) is 10.7. The third kappa shape index (κ3) is 4.89. The average Bonchev–Trinajstić information content (AvgIpc) is 3.46. The molecule has 190 valence electrons. The van der Waals surface area contributed by atoms with E-state index in [1.54, 1.807) is 0 Å². The van der Waals surface area contributed by atoms with Gasteiger partial charge >= 0.3 is 6.18 Å². The van der Waals surface area contributed by atoms with Crippen LogP contribution in [-0.4, -0.2) is 52.2 Å². The Labute approximate surface area is 207 Å². The van der Waals surface area contributed by atoms with Crippen LogP contribution in [0.25, 0.3) is 0 Å². The zero-order valence-electron chi connectivity index (χ0n) is 19.5. The molecule has 0 aliphatic carbocycles. The fraction of sp³-hybridized carbons (Fsp3) is 0.640. The minimum absolute atomic E-state index is 0.00296. The molecular weight excluding hydrogens is 479 g/mol. The summed E-state index contributed by atoms with van der Waals surface area (Å²) in [5.41, 5.74) is 0.815. The molecule has 3 aliphatic rings. The van der Waals surface area contributed by atoms with Crippen molar-refractivity contribution in [1.29, 1.82) is 0 Å². The van der Waals surface area contributed by atoms with Crippen LogP contribution in [0, 0.1) is 18.3 Å². The first-order valence-electron chi connectivity index (χ1n) is 12.1. The average molecular weight is 510 g/mol. The summed E-state index contributed by atoms with van der Waals surface area (Å²) in [6.45, 7) is 3.41. The fourth-order valence-electron chi connectivity index (χ4n) is 5.67. The van der Waals surface area contributed by atoms with Crippen LogP contribution in [-0.2, 0) is 47.4 Å². The van der Waals surface area contributed by atoms with Gasteiger partial charge in [-0.3, -0.25) is 9.58 Å². The van der Waals surface area contributed by atoms with Gasteiger partial charge in [0.2, 0.25) is 0 Å². The number of likely N-dealkylation sites (tertiary alicyclic amines) is 1. The Hall–Kier alpha value is -1.90. The Morgan fingerprint density at radius 1 is 1.29 bits per heavy atom. The molecule has 1 N–H and O–H groups in total. The highest BCUT2D eigenvalue weighted by Gasteiger charge is 2.49. The summed E-state index contributed by atoms with van der Waals surface area (Å²) in [7, 11) is 0. The molecule has 1 spiro atoms. The van der Waals surface area contributed by atoms with E-state index in [1.165, 1.54) is 0 Å². The number of terminal acetylenes is 1. The molecule has 2 aromatic heterocycles. The summed E-state index contributed by atoms with van der Waals surface area (Å²) in [6, 6.07) is -0.275. The third-order valence-electron chi connectivity index (χ3n) is 7.49. The fourth-order valence-corrected chi connectivity index (χ4v) is 7.08. The minimum Gasteiger partial charge on any atom is -0.392 e. The van der Waals surface area contributed by atoms with E-state index >= 15 is 0 Å². The second kappa shape index (κ2) is 9.87. The largest absolute Gasteiger partial charge is 0.425 e. The van der Waals surface area contributed by atoms with Gasteiger partial charge in [-0.25, -0.2) is 0 Å². The van der Waals surface area contributed by atoms with Crippen molar-refractivity contribution in [2.45, 2.75) is 69.6 Å². The Kier molecular flexibility index (Phi) is 6.98. The number of fused-ring (bicyclic) bond motifs is 2. The second-order valence-electron chi connectivity index (χ2n) is 9.70. The summed E-state index contributed by atoms with van der Waals surface area (Å²) in [4.78, 5) is 2.06. The molecule has 0 unspecified atom stereocenters. The lowest BCUT2D eigenvalue weighted by Gasteiger charge is -2.46. The molecule has 0 aromatic carbocycles. The lowest BCUT2D eigenvalue weighted by molar-refractivity contribution is -0.135. The number of aliphatic hydroxyl groups is 1. The topological polar surface area (TPSA) is 59.8 Å². The van der Waals surface area contributed by atoms with E-state index in [4.69, 9.17) is 15.9 Å². The Morgan fingerprint density at radius 2 is 2.09 bits per heavy atom. The smallest absolute Gasteiger partial charge is 0.392 e. The van der Waals surface area contributed by atoms with Crippen molar-refractivity contribution < 1.29 is 27.8 Å². The van der Waals surface area contributed by atoms with E-state index in [9.17, 15) is 18.3 Å². The summed E-state index contributed by atoms with van der Waals surface area (Å²) < 4.78 is 54.6. The van der Waals surface area contributed by atoms with Gasteiger partial charge in [-0.1, -0.05) is 5.92 Å². The van der Waals surface area contributed by atoms with Gasteiger partial charge in [-0.15, -0.1) is 17.8 Å². The van der Waals surface area contributed by atoms with Crippen LogP contribution in [0.4, 0.5) is 13.2 Å². The zero-order chi connectivity index (χ0) is 24.6. The molecule has 0 bridgehead atoms. The van der Waals surface area contributed by atoms with Crippen LogP contribution in [0.3, 0.4) is 0 Å². The van der Waals surface area contributed by atoms with Gasteiger partial charge in [0.05, 0.1) is 25.5 Å². The first kappa shape index (κ1) is 24.8. The Morgan fingerprint density at radius 3 is 2.80 bits per heavy atom. The number of thiophene rings is 1. The molecule has 5 rings (SSSR count). The van der Waals surface area contributed by atoms with Gasteiger partial charge < -0.3 is 14.6 Å². The van der Waals surface area contributed by atoms with Crippen molar-refractivity contribution in [3.8, 4) is 12.3 Å². The maximum Gasteiger partial charge on any atom is 0.425 e. The number of hydrogen-bond donors (Lipinski definition) is 1. The van der Waals surface area contributed by atoms with E-state index in [1.807, 2.05) is 10.9 Å². The molecule has 0 radical (unpaired) electrons. The molecule has 2 atom stereocenters. The predicted octanol–water partition coefficient (Wildman–Crippen LogP) is 3.95. The summed E-state index contributed by atoms with van der Waals surface area (Å²) in [6.07, 6.45) is 8.78. The third-order valence-corrected chi connectivity index (χ3v) is 9.00. The molecule has 2 aromatic rings. The number of ether oxygens (including phenoxy) is 2. The van der Waals surface area contributed by atoms with Crippen molar-refractivity contribution in [1.82, 2.24) is 14.7 Å². The quantitative estimate of drug-likeness (QED) is 0.619. The van der Waals surface area contributed by atoms with Gasteiger partial charge in [0.15, 0.2) is 0 Å². The molecule has 6 nitrogen and oxygen atoms in total. The van der Waals surface area contributed by atoms with Crippen LogP contribution in [0.2, 0.25) is 0 Å². The number of nitrogens with zero attached hydrogens (tertiary/aromatic N) is 3. The normalized spacial score (nSPS) is 26.1. The highest BCUT2D eigenvalue weighted by Crippen LogP contribution is 2.51. The van der Waals surface area contributed by atoms with Gasteiger partial charge in [-0.2, -0.15) is 18.3 Å². The molecule has 3 aliphatic heterocycles. The SMILES string of the molecule is C#C[C@H]1C[C@@]2(CCN1Cc1cnn(CC3CCOCC3)c1)OCCc1c2sc(C(F)(F)F)c1CO. The monoisotopic (exact) mass is 509 g/mol. The first-order chi connectivity index (χ1) is 16.8. The molecule has 2 fully saturated rings. The number of rotatable bonds is 5. The summed E-state index contributed by atoms with van der Waals surface area (Å²) in [5.74, 6) is 3.42. The highest BCUT2D eigenvalue weighted by molar-refractivity contribution is 7.12. The van der Waals surface area contributed by atoms with Crippen LogP contribution in [0.1, 0.15) is 52.1 Å².